The summed E-state index contributed by atoms with van der Waals surface area (Å²) in [6.07, 6.45) is 1.93. The van der Waals surface area contributed by atoms with Gasteiger partial charge in [-0.05, 0) is 143 Å². The van der Waals surface area contributed by atoms with Crippen LogP contribution in [0.15, 0.2) is 134 Å². The van der Waals surface area contributed by atoms with Gasteiger partial charge in [0.25, 0.3) is 0 Å². The van der Waals surface area contributed by atoms with E-state index in [1.54, 1.807) is 0 Å². The maximum absolute atomic E-state index is 7.00. The van der Waals surface area contributed by atoms with E-state index in [9.17, 15) is 0 Å². The molecule has 0 saturated carbocycles. The van der Waals surface area contributed by atoms with Crippen molar-refractivity contribution < 1.29 is 4.74 Å². The quantitative estimate of drug-likeness (QED) is 0.166. The van der Waals surface area contributed by atoms with Crippen LogP contribution in [0.1, 0.15) is 95.7 Å². The second-order valence-corrected chi connectivity index (χ2v) is 20.3. The van der Waals surface area contributed by atoms with Gasteiger partial charge in [0.2, 0.25) is 0 Å². The van der Waals surface area contributed by atoms with Gasteiger partial charge in [0.1, 0.15) is 17.3 Å². The molecule has 5 nitrogen and oxygen atoms in total. The summed E-state index contributed by atoms with van der Waals surface area (Å²) in [5, 5.41) is 6.19. The number of rotatable bonds is 8. The van der Waals surface area contributed by atoms with E-state index in [0.29, 0.717) is 0 Å². The zero-order chi connectivity index (χ0) is 44.3. The fourth-order valence-electron chi connectivity index (χ4n) is 8.77. The number of nitrogens with zero attached hydrogens (tertiary/aromatic N) is 3. The number of ether oxygens (including phenoxy) is 1. The molecule has 5 heteroatoms. The number of aromatic nitrogens is 2. The van der Waals surface area contributed by atoms with Crippen molar-refractivity contribution in [3.8, 4) is 28.4 Å². The van der Waals surface area contributed by atoms with Gasteiger partial charge >= 0.3 is 0 Å². The van der Waals surface area contributed by atoms with Crippen molar-refractivity contribution in [3.05, 3.63) is 167 Å². The van der Waals surface area contributed by atoms with E-state index in [0.717, 1.165) is 62.0 Å². The zero-order valence-corrected chi connectivity index (χ0v) is 39.0. The maximum Gasteiger partial charge on any atom is 0.137 e. The first-order valence-electron chi connectivity index (χ1n) is 21.9. The topological polar surface area (TPSA) is 42.3 Å². The predicted molar refractivity (Wildman–Crippen MR) is 265 cm³/mol. The first-order valence-corrected chi connectivity index (χ1v) is 21.9. The molecule has 0 unspecified atom stereocenters. The molecule has 0 saturated heterocycles. The van der Waals surface area contributed by atoms with Crippen molar-refractivity contribution in [2.45, 2.75) is 99.3 Å². The Morgan fingerprint density at radius 3 is 1.94 bits per heavy atom. The van der Waals surface area contributed by atoms with Crippen molar-refractivity contribution in [1.29, 1.82) is 0 Å². The van der Waals surface area contributed by atoms with Gasteiger partial charge in [-0.3, -0.25) is 4.57 Å². The highest BCUT2D eigenvalue weighted by atomic mass is 16.5. The number of fused-ring (bicyclic) bond motifs is 3. The van der Waals surface area contributed by atoms with Crippen molar-refractivity contribution in [2.75, 3.05) is 17.3 Å². The van der Waals surface area contributed by atoms with Gasteiger partial charge in [-0.1, -0.05) is 116 Å². The fourth-order valence-corrected chi connectivity index (χ4v) is 8.77. The summed E-state index contributed by atoms with van der Waals surface area (Å²) in [7, 11) is 2.16. The monoisotopic (exact) mass is 818 g/mol. The largest absolute Gasteiger partial charge is 0.457 e. The van der Waals surface area contributed by atoms with E-state index in [4.69, 9.17) is 9.72 Å². The third-order valence-electron chi connectivity index (χ3n) is 12.2. The van der Waals surface area contributed by atoms with Crippen LogP contribution in [0.4, 0.5) is 22.7 Å². The molecule has 0 atom stereocenters. The lowest BCUT2D eigenvalue weighted by Crippen LogP contribution is -2.15. The number of nitrogens with one attached hydrogen (secondary N) is 1. The molecule has 0 radical (unpaired) electrons. The molecular weight excluding hydrogens is 757 g/mol. The first kappa shape index (κ1) is 42.4. The number of benzene rings is 6. The minimum Gasteiger partial charge on any atom is -0.457 e. The second-order valence-electron chi connectivity index (χ2n) is 20.3. The number of para-hydroxylation sites is 1. The molecule has 0 amide bonds. The first-order chi connectivity index (χ1) is 29.2. The molecule has 6 aromatic carbocycles. The van der Waals surface area contributed by atoms with Gasteiger partial charge in [-0.2, -0.15) is 0 Å². The van der Waals surface area contributed by atoms with E-state index in [1.165, 1.54) is 44.3 Å². The molecule has 8 aromatic rings. The lowest BCUT2D eigenvalue weighted by atomic mass is 9.86. The van der Waals surface area contributed by atoms with Crippen molar-refractivity contribution >= 4 is 44.6 Å². The minimum atomic E-state index is -0.0273. The lowest BCUT2D eigenvalue weighted by Gasteiger charge is -2.28. The van der Waals surface area contributed by atoms with Crippen LogP contribution < -0.4 is 15.0 Å². The molecule has 0 aliphatic carbocycles. The maximum atomic E-state index is 7.00. The SMILES string of the molecule is Cc1cc(C)c(-c2cc(Oc3ccc4c5ccccc5n(-c5cc(C(C)(C)C)ccn5)c4c3)cc(N(C)c3ccc(C(C)(C)C)cc3Nc3cccc(C(C)(C)C)c3)c2)c(C)c1. The zero-order valence-electron chi connectivity index (χ0n) is 39.0. The highest BCUT2D eigenvalue weighted by molar-refractivity contribution is 6.09. The normalized spacial score (nSPS) is 12.3. The summed E-state index contributed by atoms with van der Waals surface area (Å²) in [5.41, 5.74) is 16.2. The van der Waals surface area contributed by atoms with Crippen LogP contribution in [0, 0.1) is 20.8 Å². The molecule has 2 heterocycles. The van der Waals surface area contributed by atoms with Gasteiger partial charge in [0.05, 0.1) is 22.4 Å². The summed E-state index contributed by atoms with van der Waals surface area (Å²) in [4.78, 5) is 7.20. The molecule has 8 rings (SSSR count). The van der Waals surface area contributed by atoms with E-state index >= 15 is 0 Å². The standard InChI is InChI=1S/C57H62N4O/c1-36-27-37(2)54(38(3)28-36)39-29-44(60(13)51-24-21-41(56(7,8)9)32-49(51)59-43-18-16-17-40(31-43)55(4,5)6)34-46(30-39)62-45-22-23-48-47-19-14-15-20-50(47)61(52(48)35-45)53-33-42(25-26-58-53)57(10,11)12/h14-35,59H,1-13H3. The minimum absolute atomic E-state index is 0.0163. The van der Waals surface area contributed by atoms with Crippen LogP contribution in [0.25, 0.3) is 38.8 Å². The third-order valence-corrected chi connectivity index (χ3v) is 12.2. The molecule has 1 N–H and O–H groups in total. The molecule has 0 aliphatic heterocycles. The molecular formula is C57H62N4O. The van der Waals surface area contributed by atoms with Gasteiger partial charge in [-0.25, -0.2) is 4.98 Å². The molecule has 0 spiro atoms. The summed E-state index contributed by atoms with van der Waals surface area (Å²) in [6.45, 7) is 26.9. The number of aryl methyl sites for hydroxylation is 3. The van der Waals surface area contributed by atoms with E-state index < -0.39 is 0 Å². The van der Waals surface area contributed by atoms with E-state index in [-0.39, 0.29) is 16.2 Å². The van der Waals surface area contributed by atoms with Crippen LogP contribution in [0.2, 0.25) is 0 Å². The Morgan fingerprint density at radius 1 is 0.565 bits per heavy atom. The molecule has 0 fully saturated rings. The summed E-state index contributed by atoms with van der Waals surface area (Å²) < 4.78 is 9.27. The molecule has 62 heavy (non-hydrogen) atoms. The summed E-state index contributed by atoms with van der Waals surface area (Å²) >= 11 is 0. The van der Waals surface area contributed by atoms with Crippen molar-refractivity contribution in [1.82, 2.24) is 9.55 Å². The molecule has 0 bridgehead atoms. The highest BCUT2D eigenvalue weighted by Crippen LogP contribution is 2.43. The predicted octanol–water partition coefficient (Wildman–Crippen LogP) is 16.0. The van der Waals surface area contributed by atoms with Gasteiger partial charge in [-0.15, -0.1) is 0 Å². The number of hydrogen-bond acceptors (Lipinski definition) is 4. The number of pyridine rings is 1. The molecule has 316 valence electrons. The summed E-state index contributed by atoms with van der Waals surface area (Å²) in [5.74, 6) is 2.41. The van der Waals surface area contributed by atoms with Crippen LogP contribution in [0.3, 0.4) is 0 Å². The Labute approximate surface area is 369 Å². The van der Waals surface area contributed by atoms with Crippen molar-refractivity contribution in [3.63, 3.8) is 0 Å². The Bertz CT molecular complexity index is 2940. The Balaban J connectivity index is 1.27. The second kappa shape index (κ2) is 15.9. The van der Waals surface area contributed by atoms with E-state index in [1.807, 2.05) is 6.20 Å². The van der Waals surface area contributed by atoms with Gasteiger partial charge in [0, 0.05) is 47.5 Å². The average Bonchev–Trinajstić information content (AvgIpc) is 3.53. The average molecular weight is 819 g/mol. The Morgan fingerprint density at radius 2 is 1.23 bits per heavy atom. The Hall–Kier alpha value is -6.33. The van der Waals surface area contributed by atoms with Crippen molar-refractivity contribution in [2.24, 2.45) is 0 Å². The molecule has 0 aliphatic rings. The van der Waals surface area contributed by atoms with Gasteiger partial charge in [0.15, 0.2) is 0 Å². The highest BCUT2D eigenvalue weighted by Gasteiger charge is 2.22. The van der Waals surface area contributed by atoms with Crippen LogP contribution in [0.5, 0.6) is 11.5 Å². The fraction of sp³-hybridized carbons (Fsp3) is 0.281. The molecule has 2 aromatic heterocycles. The van der Waals surface area contributed by atoms with Gasteiger partial charge < -0.3 is 15.0 Å². The number of hydrogen-bond donors (Lipinski definition) is 1. The van der Waals surface area contributed by atoms with E-state index in [2.05, 4.69) is 232 Å². The third kappa shape index (κ3) is 8.46. The lowest BCUT2D eigenvalue weighted by molar-refractivity contribution is 0.483. The van der Waals surface area contributed by atoms with Crippen LogP contribution in [-0.4, -0.2) is 16.6 Å². The Kier molecular flexibility index (Phi) is 10.8. The number of anilines is 4. The summed E-state index contributed by atoms with van der Waals surface area (Å²) in [6, 6.07) is 46.2. The van der Waals surface area contributed by atoms with Crippen LogP contribution >= 0.6 is 0 Å². The van der Waals surface area contributed by atoms with Crippen LogP contribution in [-0.2, 0) is 16.2 Å². The smallest absolute Gasteiger partial charge is 0.137 e.